The van der Waals surface area contributed by atoms with Gasteiger partial charge >= 0.3 is 0 Å². The van der Waals surface area contributed by atoms with Crippen molar-refractivity contribution in [1.82, 2.24) is 15.2 Å². The molecular weight excluding hydrogens is 316 g/mol. The van der Waals surface area contributed by atoms with E-state index < -0.39 is 0 Å². The number of hydrogen-bond acceptors (Lipinski definition) is 4. The second-order valence-electron chi connectivity index (χ2n) is 7.04. The van der Waals surface area contributed by atoms with Crippen LogP contribution in [0.15, 0.2) is 23.3 Å². The van der Waals surface area contributed by atoms with E-state index in [0.717, 1.165) is 56.8 Å². The second-order valence-corrected chi connectivity index (χ2v) is 7.04. The van der Waals surface area contributed by atoms with Crippen LogP contribution in [0, 0.1) is 11.8 Å². The molecule has 1 saturated heterocycles. The molecule has 0 spiro atoms. The molecule has 6 nitrogen and oxygen atoms in total. The molecule has 2 fully saturated rings. The van der Waals surface area contributed by atoms with Crippen molar-refractivity contribution >= 4 is 5.96 Å². The molecule has 2 heterocycles. The number of nitrogens with one attached hydrogen (secondary N) is 1. The predicted octanol–water partition coefficient (Wildman–Crippen LogP) is 2.30. The van der Waals surface area contributed by atoms with Crippen LogP contribution in [0.3, 0.4) is 0 Å². The van der Waals surface area contributed by atoms with Crippen LogP contribution in [-0.4, -0.2) is 55.8 Å². The number of rotatable bonds is 8. The summed E-state index contributed by atoms with van der Waals surface area (Å²) in [6.07, 6.45) is 5.58. The van der Waals surface area contributed by atoms with E-state index in [1.54, 1.807) is 0 Å². The Balaban J connectivity index is 1.52. The van der Waals surface area contributed by atoms with Crippen molar-refractivity contribution in [2.24, 2.45) is 16.8 Å². The summed E-state index contributed by atoms with van der Waals surface area (Å²) in [5.41, 5.74) is 1.09. The Morgan fingerprint density at radius 2 is 2.24 bits per heavy atom. The zero-order valence-electron chi connectivity index (χ0n) is 15.4. The Morgan fingerprint density at radius 1 is 1.36 bits per heavy atom. The minimum absolute atomic E-state index is 0.596. The molecule has 0 amide bonds. The quantitative estimate of drug-likeness (QED) is 0.578. The summed E-state index contributed by atoms with van der Waals surface area (Å²) in [6, 6.07) is 3.99. The van der Waals surface area contributed by atoms with Crippen molar-refractivity contribution < 1.29 is 9.47 Å². The van der Waals surface area contributed by atoms with Gasteiger partial charge in [-0.3, -0.25) is 0 Å². The molecule has 138 valence electrons. The highest BCUT2D eigenvalue weighted by molar-refractivity contribution is 5.79. The van der Waals surface area contributed by atoms with Crippen LogP contribution in [0.4, 0.5) is 0 Å². The van der Waals surface area contributed by atoms with E-state index in [4.69, 9.17) is 14.5 Å². The first-order chi connectivity index (χ1) is 12.2. The highest BCUT2D eigenvalue weighted by atomic mass is 16.5. The van der Waals surface area contributed by atoms with Crippen LogP contribution in [-0.2, 0) is 11.3 Å². The van der Waals surface area contributed by atoms with Gasteiger partial charge < -0.3 is 19.7 Å². The molecule has 1 unspecified atom stereocenters. The molecule has 1 aromatic heterocycles. The van der Waals surface area contributed by atoms with E-state index in [1.165, 1.54) is 12.8 Å². The maximum absolute atomic E-state index is 5.68. The topological polar surface area (TPSA) is 59.0 Å². The standard InChI is InChI=1S/C19H30N4O2/c1-3-20-19(23(2)12-17-8-9-24-13-17)22-11-16-6-7-18(21-10-16)25-14-15-4-5-15/h6-7,10,15,17H,3-5,8-9,11-14H2,1-2H3,(H,20,22). The van der Waals surface area contributed by atoms with E-state index in [1.807, 2.05) is 18.3 Å². The molecule has 1 aliphatic heterocycles. The third-order valence-electron chi connectivity index (χ3n) is 4.63. The fraction of sp³-hybridized carbons (Fsp3) is 0.684. The van der Waals surface area contributed by atoms with Crippen LogP contribution < -0.4 is 10.1 Å². The van der Waals surface area contributed by atoms with E-state index in [2.05, 4.69) is 29.2 Å². The summed E-state index contributed by atoms with van der Waals surface area (Å²) in [6.45, 7) is 7.07. The maximum Gasteiger partial charge on any atom is 0.213 e. The lowest BCUT2D eigenvalue weighted by molar-refractivity contribution is 0.181. The Hall–Kier alpha value is -1.82. The fourth-order valence-electron chi connectivity index (χ4n) is 2.91. The minimum atomic E-state index is 0.596. The maximum atomic E-state index is 5.68. The third kappa shape index (κ3) is 5.88. The van der Waals surface area contributed by atoms with Gasteiger partial charge in [0.1, 0.15) is 0 Å². The number of hydrogen-bond donors (Lipinski definition) is 1. The Morgan fingerprint density at radius 3 is 2.88 bits per heavy atom. The van der Waals surface area contributed by atoms with Crippen LogP contribution in [0.5, 0.6) is 5.88 Å². The largest absolute Gasteiger partial charge is 0.477 e. The minimum Gasteiger partial charge on any atom is -0.477 e. The zero-order valence-corrected chi connectivity index (χ0v) is 15.4. The number of ether oxygens (including phenoxy) is 2. The van der Waals surface area contributed by atoms with Crippen molar-refractivity contribution in [2.45, 2.75) is 32.7 Å². The molecule has 1 aromatic rings. The summed E-state index contributed by atoms with van der Waals surface area (Å²) < 4.78 is 11.2. The van der Waals surface area contributed by atoms with Gasteiger partial charge in [-0.15, -0.1) is 0 Å². The second kappa shape index (κ2) is 9.04. The Bertz CT molecular complexity index is 551. The average Bonchev–Trinajstić information content (AvgIpc) is 3.32. The van der Waals surface area contributed by atoms with Gasteiger partial charge in [-0.1, -0.05) is 6.07 Å². The molecule has 1 saturated carbocycles. The number of aromatic nitrogens is 1. The third-order valence-corrected chi connectivity index (χ3v) is 4.63. The first kappa shape index (κ1) is 18.0. The van der Waals surface area contributed by atoms with E-state index in [0.29, 0.717) is 18.3 Å². The van der Waals surface area contributed by atoms with Gasteiger partial charge in [0.2, 0.25) is 5.88 Å². The van der Waals surface area contributed by atoms with Crippen molar-refractivity contribution in [3.63, 3.8) is 0 Å². The summed E-state index contributed by atoms with van der Waals surface area (Å²) in [5, 5.41) is 3.37. The molecule has 0 aromatic carbocycles. The molecule has 25 heavy (non-hydrogen) atoms. The zero-order chi connectivity index (χ0) is 17.5. The summed E-state index contributed by atoms with van der Waals surface area (Å²) >= 11 is 0. The summed E-state index contributed by atoms with van der Waals surface area (Å²) in [5.74, 6) is 2.99. The van der Waals surface area contributed by atoms with Crippen LogP contribution >= 0.6 is 0 Å². The van der Waals surface area contributed by atoms with Gasteiger partial charge in [0.25, 0.3) is 0 Å². The van der Waals surface area contributed by atoms with Gasteiger partial charge in [0.15, 0.2) is 5.96 Å². The van der Waals surface area contributed by atoms with Crippen LogP contribution in [0.25, 0.3) is 0 Å². The van der Waals surface area contributed by atoms with E-state index in [9.17, 15) is 0 Å². The first-order valence-electron chi connectivity index (χ1n) is 9.39. The first-order valence-corrected chi connectivity index (χ1v) is 9.39. The molecule has 1 aliphatic carbocycles. The molecule has 0 bridgehead atoms. The SMILES string of the molecule is CCNC(=NCc1ccc(OCC2CC2)nc1)N(C)CC1CCOC1. The Kier molecular flexibility index (Phi) is 6.50. The van der Waals surface area contributed by atoms with E-state index in [-0.39, 0.29) is 0 Å². The van der Waals surface area contributed by atoms with Gasteiger partial charge in [0, 0.05) is 44.9 Å². The number of nitrogens with zero attached hydrogens (tertiary/aromatic N) is 3. The molecular formula is C19H30N4O2. The predicted molar refractivity (Wildman–Crippen MR) is 98.8 cm³/mol. The molecule has 6 heteroatoms. The molecule has 1 atom stereocenters. The van der Waals surface area contributed by atoms with Crippen molar-refractivity contribution in [1.29, 1.82) is 0 Å². The molecule has 1 N–H and O–H groups in total. The summed E-state index contributed by atoms with van der Waals surface area (Å²) in [4.78, 5) is 11.3. The van der Waals surface area contributed by atoms with E-state index >= 15 is 0 Å². The van der Waals surface area contributed by atoms with Gasteiger partial charge in [-0.05, 0) is 37.7 Å². The van der Waals surface area contributed by atoms with Crippen molar-refractivity contribution in [3.05, 3.63) is 23.9 Å². The molecule has 2 aliphatic rings. The lowest BCUT2D eigenvalue weighted by atomic mass is 10.1. The van der Waals surface area contributed by atoms with Crippen molar-refractivity contribution in [3.8, 4) is 5.88 Å². The fourth-order valence-corrected chi connectivity index (χ4v) is 2.91. The molecule has 3 rings (SSSR count). The smallest absolute Gasteiger partial charge is 0.213 e. The van der Waals surface area contributed by atoms with Crippen LogP contribution in [0.2, 0.25) is 0 Å². The average molecular weight is 346 g/mol. The monoisotopic (exact) mass is 346 g/mol. The van der Waals surface area contributed by atoms with Gasteiger partial charge in [-0.25, -0.2) is 9.98 Å². The lowest BCUT2D eigenvalue weighted by Crippen LogP contribution is -2.41. The highest BCUT2D eigenvalue weighted by Gasteiger charge is 2.22. The van der Waals surface area contributed by atoms with Crippen LogP contribution in [0.1, 0.15) is 31.7 Å². The molecule has 0 radical (unpaired) electrons. The highest BCUT2D eigenvalue weighted by Crippen LogP contribution is 2.29. The normalized spacial score (nSPS) is 20.6. The summed E-state index contributed by atoms with van der Waals surface area (Å²) in [7, 11) is 2.09. The number of pyridine rings is 1. The van der Waals surface area contributed by atoms with Gasteiger partial charge in [0.05, 0.1) is 19.8 Å². The van der Waals surface area contributed by atoms with Gasteiger partial charge in [-0.2, -0.15) is 0 Å². The van der Waals surface area contributed by atoms with Crippen molar-refractivity contribution in [2.75, 3.05) is 40.0 Å². The number of guanidine groups is 1. The number of aliphatic imine (C=N–C) groups is 1. The lowest BCUT2D eigenvalue weighted by Gasteiger charge is -2.24. The Labute approximate surface area is 150 Å².